The van der Waals surface area contributed by atoms with E-state index >= 15 is 0 Å². The molecule has 29 heavy (non-hydrogen) atoms. The zero-order valence-corrected chi connectivity index (χ0v) is 16.7. The minimum atomic E-state index is -0.735. The molecule has 1 N–H and O–H groups in total. The summed E-state index contributed by atoms with van der Waals surface area (Å²) in [6.45, 7) is 4.05. The van der Waals surface area contributed by atoms with Crippen LogP contribution in [0.5, 0.6) is 0 Å². The Labute approximate surface area is 169 Å². The Morgan fingerprint density at radius 1 is 1.17 bits per heavy atom. The standard InChI is InChI=1S/C22H25N3O4/c1-14-11-16(15(2)25(14)17-7-4-3-5-8-17)12-19-20(26)23-22(28)24(21(19)27)13-18-9-6-10-29-18/h6,9-12,17H,3-5,7-8,13H2,1-2H3,(H,23,26,28)/b19-12-. The van der Waals surface area contributed by atoms with Crippen LogP contribution in [0.2, 0.25) is 0 Å². The van der Waals surface area contributed by atoms with Crippen molar-refractivity contribution in [1.29, 1.82) is 0 Å². The molecular formula is C22H25N3O4. The predicted octanol–water partition coefficient (Wildman–Crippen LogP) is 3.87. The quantitative estimate of drug-likeness (QED) is 0.629. The summed E-state index contributed by atoms with van der Waals surface area (Å²) in [4.78, 5) is 38.5. The van der Waals surface area contributed by atoms with Crippen molar-refractivity contribution in [2.45, 2.75) is 58.5 Å². The Bertz CT molecular complexity index is 978. The lowest BCUT2D eigenvalue weighted by atomic mass is 9.95. The first-order valence-corrected chi connectivity index (χ1v) is 10.1. The summed E-state index contributed by atoms with van der Waals surface area (Å²) in [5, 5.41) is 2.26. The van der Waals surface area contributed by atoms with Gasteiger partial charge >= 0.3 is 6.03 Å². The topological polar surface area (TPSA) is 84.6 Å². The van der Waals surface area contributed by atoms with Crippen LogP contribution < -0.4 is 5.32 Å². The predicted molar refractivity (Wildman–Crippen MR) is 107 cm³/mol. The summed E-state index contributed by atoms with van der Waals surface area (Å²) < 4.78 is 7.56. The Kier molecular flexibility index (Phi) is 5.13. The second-order valence-corrected chi connectivity index (χ2v) is 7.78. The maximum Gasteiger partial charge on any atom is 0.331 e. The summed E-state index contributed by atoms with van der Waals surface area (Å²) in [6, 6.07) is 5.09. The Morgan fingerprint density at radius 2 is 1.93 bits per heavy atom. The smallest absolute Gasteiger partial charge is 0.331 e. The number of rotatable bonds is 4. The van der Waals surface area contributed by atoms with Gasteiger partial charge in [-0.25, -0.2) is 4.79 Å². The lowest BCUT2D eigenvalue weighted by molar-refractivity contribution is -0.130. The molecule has 0 unspecified atom stereocenters. The molecular weight excluding hydrogens is 370 g/mol. The van der Waals surface area contributed by atoms with Gasteiger partial charge in [-0.2, -0.15) is 0 Å². The van der Waals surface area contributed by atoms with Crippen LogP contribution in [0.1, 0.15) is 60.9 Å². The number of nitrogens with one attached hydrogen (secondary N) is 1. The molecule has 152 valence electrons. The third-order valence-corrected chi connectivity index (χ3v) is 5.84. The molecule has 0 bridgehead atoms. The highest BCUT2D eigenvalue weighted by Gasteiger charge is 2.36. The van der Waals surface area contributed by atoms with Gasteiger partial charge in [-0.15, -0.1) is 0 Å². The molecule has 0 radical (unpaired) electrons. The second kappa shape index (κ2) is 7.73. The molecule has 7 nitrogen and oxygen atoms in total. The molecule has 4 rings (SSSR count). The molecule has 2 aromatic heterocycles. The molecule has 0 atom stereocenters. The zero-order valence-electron chi connectivity index (χ0n) is 16.7. The van der Waals surface area contributed by atoms with Crippen LogP contribution in [0.25, 0.3) is 6.08 Å². The molecule has 2 aromatic rings. The molecule has 2 aliphatic rings. The fourth-order valence-corrected chi connectivity index (χ4v) is 4.40. The zero-order chi connectivity index (χ0) is 20.5. The largest absolute Gasteiger partial charge is 0.467 e. The molecule has 7 heteroatoms. The number of imide groups is 2. The van der Waals surface area contributed by atoms with E-state index in [9.17, 15) is 14.4 Å². The maximum atomic E-state index is 12.9. The minimum Gasteiger partial charge on any atom is -0.467 e. The van der Waals surface area contributed by atoms with E-state index in [1.165, 1.54) is 25.5 Å². The van der Waals surface area contributed by atoms with Crippen LogP contribution in [0, 0.1) is 13.8 Å². The second-order valence-electron chi connectivity index (χ2n) is 7.78. The van der Waals surface area contributed by atoms with Crippen molar-refractivity contribution in [3.63, 3.8) is 0 Å². The summed E-state index contributed by atoms with van der Waals surface area (Å²) in [6.07, 6.45) is 9.10. The number of carbonyl (C=O) groups is 3. The third kappa shape index (κ3) is 3.64. The van der Waals surface area contributed by atoms with E-state index in [4.69, 9.17) is 4.42 Å². The van der Waals surface area contributed by atoms with Gasteiger partial charge in [0.1, 0.15) is 11.3 Å². The van der Waals surface area contributed by atoms with Gasteiger partial charge in [0.25, 0.3) is 11.8 Å². The van der Waals surface area contributed by atoms with Gasteiger partial charge in [0.05, 0.1) is 12.8 Å². The summed E-state index contributed by atoms with van der Waals surface area (Å²) in [7, 11) is 0. The lowest BCUT2D eigenvalue weighted by Gasteiger charge is -2.27. The van der Waals surface area contributed by atoms with E-state index in [-0.39, 0.29) is 12.1 Å². The number of aromatic nitrogens is 1. The van der Waals surface area contributed by atoms with Crippen molar-refractivity contribution in [3.8, 4) is 0 Å². The Balaban J connectivity index is 1.65. The first-order valence-electron chi connectivity index (χ1n) is 10.1. The number of furan rings is 1. The van der Waals surface area contributed by atoms with Gasteiger partial charge in [0, 0.05) is 17.4 Å². The van der Waals surface area contributed by atoms with E-state index in [0.29, 0.717) is 11.8 Å². The van der Waals surface area contributed by atoms with Crippen LogP contribution in [0.15, 0.2) is 34.5 Å². The van der Waals surface area contributed by atoms with Crippen molar-refractivity contribution in [2.75, 3.05) is 0 Å². The van der Waals surface area contributed by atoms with Crippen LogP contribution in [-0.4, -0.2) is 27.3 Å². The lowest BCUT2D eigenvalue weighted by Crippen LogP contribution is -2.53. The third-order valence-electron chi connectivity index (χ3n) is 5.84. The van der Waals surface area contributed by atoms with Gasteiger partial charge < -0.3 is 8.98 Å². The average molecular weight is 395 g/mol. The van der Waals surface area contributed by atoms with Gasteiger partial charge in [0.15, 0.2) is 0 Å². The summed E-state index contributed by atoms with van der Waals surface area (Å²) in [5.74, 6) is -0.812. The molecule has 0 spiro atoms. The van der Waals surface area contributed by atoms with Gasteiger partial charge in [-0.1, -0.05) is 19.3 Å². The van der Waals surface area contributed by atoms with Crippen LogP contribution in [0.3, 0.4) is 0 Å². The van der Waals surface area contributed by atoms with Gasteiger partial charge in [-0.05, 0) is 56.5 Å². The van der Waals surface area contributed by atoms with E-state index in [1.54, 1.807) is 18.2 Å². The van der Waals surface area contributed by atoms with Crippen molar-refractivity contribution < 1.29 is 18.8 Å². The van der Waals surface area contributed by atoms with Gasteiger partial charge in [-0.3, -0.25) is 19.8 Å². The van der Waals surface area contributed by atoms with Gasteiger partial charge in [0.2, 0.25) is 0 Å². The van der Waals surface area contributed by atoms with Crippen LogP contribution in [0.4, 0.5) is 4.79 Å². The van der Waals surface area contributed by atoms with Crippen molar-refractivity contribution in [2.24, 2.45) is 0 Å². The SMILES string of the molecule is Cc1cc(/C=C2/C(=O)NC(=O)N(Cc3ccco3)C2=O)c(C)n1C1CCCCC1. The van der Waals surface area contributed by atoms with Crippen molar-refractivity contribution in [1.82, 2.24) is 14.8 Å². The number of urea groups is 1. The summed E-state index contributed by atoms with van der Waals surface area (Å²) >= 11 is 0. The highest BCUT2D eigenvalue weighted by Crippen LogP contribution is 2.33. The number of carbonyl (C=O) groups excluding carboxylic acids is 3. The molecule has 1 saturated carbocycles. The number of amides is 4. The monoisotopic (exact) mass is 395 g/mol. The normalized spacial score (nSPS) is 19.9. The molecule has 1 aliphatic heterocycles. The van der Waals surface area contributed by atoms with E-state index in [1.807, 2.05) is 13.0 Å². The number of aryl methyl sites for hydroxylation is 1. The summed E-state index contributed by atoms with van der Waals surface area (Å²) in [5.41, 5.74) is 2.95. The molecule has 1 aliphatic carbocycles. The fraction of sp³-hybridized carbons (Fsp3) is 0.409. The van der Waals surface area contributed by atoms with E-state index in [2.05, 4.69) is 16.8 Å². The molecule has 4 amide bonds. The molecule has 2 fully saturated rings. The van der Waals surface area contributed by atoms with Crippen LogP contribution in [-0.2, 0) is 16.1 Å². The molecule has 1 saturated heterocycles. The average Bonchev–Trinajstić information content (AvgIpc) is 3.30. The first kappa shape index (κ1) is 19.2. The molecule has 3 heterocycles. The number of hydrogen-bond donors (Lipinski definition) is 1. The number of nitrogens with zero attached hydrogens (tertiary/aromatic N) is 2. The first-order chi connectivity index (χ1) is 14.0. The van der Waals surface area contributed by atoms with Crippen LogP contribution >= 0.6 is 0 Å². The Morgan fingerprint density at radius 3 is 2.62 bits per heavy atom. The number of hydrogen-bond acceptors (Lipinski definition) is 4. The van der Waals surface area contributed by atoms with E-state index in [0.717, 1.165) is 34.7 Å². The molecule has 0 aromatic carbocycles. The highest BCUT2D eigenvalue weighted by molar-refractivity contribution is 6.31. The number of barbiturate groups is 1. The Hall–Kier alpha value is -3.09. The fourth-order valence-electron chi connectivity index (χ4n) is 4.40. The van der Waals surface area contributed by atoms with Crippen molar-refractivity contribution >= 4 is 23.9 Å². The maximum absolute atomic E-state index is 12.9. The highest BCUT2D eigenvalue weighted by atomic mass is 16.3. The van der Waals surface area contributed by atoms with E-state index < -0.39 is 17.8 Å². The minimum absolute atomic E-state index is 0.0244. The van der Waals surface area contributed by atoms with Crippen molar-refractivity contribution in [3.05, 3.63) is 52.7 Å².